The lowest BCUT2D eigenvalue weighted by Crippen LogP contribution is -2.26. The normalized spacial score (nSPS) is 12.7. The van der Waals surface area contributed by atoms with Crippen LogP contribution in [-0.4, -0.2) is 46.8 Å². The number of guanidine groups is 1. The van der Waals surface area contributed by atoms with Gasteiger partial charge >= 0.3 is 5.97 Å². The third-order valence-corrected chi connectivity index (χ3v) is 3.27. The van der Waals surface area contributed by atoms with Gasteiger partial charge in [-0.2, -0.15) is 0 Å². The molecule has 0 radical (unpaired) electrons. The van der Waals surface area contributed by atoms with Crippen LogP contribution in [0.2, 0.25) is 0 Å². The summed E-state index contributed by atoms with van der Waals surface area (Å²) in [6.45, 7) is 0.302. The van der Waals surface area contributed by atoms with Crippen molar-refractivity contribution in [1.29, 1.82) is 0 Å². The maximum Gasteiger partial charge on any atom is 0.305 e. The summed E-state index contributed by atoms with van der Waals surface area (Å²) < 4.78 is 0. The van der Waals surface area contributed by atoms with E-state index in [1.54, 1.807) is 18.2 Å². The van der Waals surface area contributed by atoms with Gasteiger partial charge < -0.3 is 26.8 Å². The number of aliphatic carboxylic acids is 1. The number of carbonyl (C=O) groups is 3. The highest BCUT2D eigenvalue weighted by molar-refractivity contribution is 6.01. The Hall–Kier alpha value is -3.10. The van der Waals surface area contributed by atoms with E-state index in [0.717, 1.165) is 5.56 Å². The van der Waals surface area contributed by atoms with Crippen LogP contribution in [0.25, 0.3) is 0 Å². The number of aliphatic imine (C=N–C) groups is 1. The molecule has 0 unspecified atom stereocenters. The molecule has 1 aromatic carbocycles. The fourth-order valence-corrected chi connectivity index (χ4v) is 2.21. The Balaban J connectivity index is 2.04. The van der Waals surface area contributed by atoms with Gasteiger partial charge in [0, 0.05) is 24.3 Å². The summed E-state index contributed by atoms with van der Waals surface area (Å²) in [5, 5.41) is 11.3. The zero-order chi connectivity index (χ0) is 17.0. The Morgan fingerprint density at radius 1 is 1.35 bits per heavy atom. The topological polar surface area (TPSA) is 151 Å². The first kappa shape index (κ1) is 16.3. The van der Waals surface area contributed by atoms with E-state index in [2.05, 4.69) is 10.3 Å². The van der Waals surface area contributed by atoms with Crippen LogP contribution in [-0.2, 0) is 16.1 Å². The number of carboxylic acids is 1. The third-order valence-electron chi connectivity index (χ3n) is 3.27. The first-order valence-electron chi connectivity index (χ1n) is 6.86. The molecule has 0 bridgehead atoms. The van der Waals surface area contributed by atoms with Crippen molar-refractivity contribution in [2.75, 3.05) is 18.4 Å². The van der Waals surface area contributed by atoms with Gasteiger partial charge in [0.05, 0.1) is 6.42 Å². The number of amides is 2. The molecule has 122 valence electrons. The van der Waals surface area contributed by atoms with Crippen molar-refractivity contribution < 1.29 is 19.5 Å². The van der Waals surface area contributed by atoms with Crippen molar-refractivity contribution in [2.45, 2.75) is 13.0 Å². The minimum absolute atomic E-state index is 0.109. The summed E-state index contributed by atoms with van der Waals surface area (Å²) in [6.07, 6.45) is -0.109. The van der Waals surface area contributed by atoms with Crippen LogP contribution in [0.3, 0.4) is 0 Å². The number of fused-ring (bicyclic) bond motifs is 1. The van der Waals surface area contributed by atoms with Crippen LogP contribution in [0.4, 0.5) is 5.69 Å². The largest absolute Gasteiger partial charge is 0.481 e. The number of hydrogen-bond acceptors (Lipinski definition) is 4. The van der Waals surface area contributed by atoms with Crippen molar-refractivity contribution in [2.24, 2.45) is 16.5 Å². The van der Waals surface area contributed by atoms with Gasteiger partial charge in [0.15, 0.2) is 5.96 Å². The van der Waals surface area contributed by atoms with Gasteiger partial charge in [0.1, 0.15) is 6.54 Å². The molecule has 0 fully saturated rings. The van der Waals surface area contributed by atoms with Crippen molar-refractivity contribution >= 4 is 29.4 Å². The van der Waals surface area contributed by atoms with E-state index in [1.165, 1.54) is 4.90 Å². The van der Waals surface area contributed by atoms with Crippen LogP contribution < -0.4 is 16.8 Å². The highest BCUT2D eigenvalue weighted by Gasteiger charge is 2.27. The monoisotopic (exact) mass is 319 g/mol. The molecule has 9 nitrogen and oxygen atoms in total. The van der Waals surface area contributed by atoms with Crippen molar-refractivity contribution in [3.05, 3.63) is 29.3 Å². The molecule has 0 atom stereocenters. The average Bonchev–Trinajstić information content (AvgIpc) is 2.79. The second kappa shape index (κ2) is 6.77. The Morgan fingerprint density at radius 3 is 2.74 bits per heavy atom. The average molecular weight is 319 g/mol. The molecule has 23 heavy (non-hydrogen) atoms. The minimum Gasteiger partial charge on any atom is -0.481 e. The molecule has 0 aliphatic carbocycles. The van der Waals surface area contributed by atoms with Gasteiger partial charge in [-0.3, -0.25) is 14.4 Å². The molecule has 9 heteroatoms. The van der Waals surface area contributed by atoms with Crippen LogP contribution in [0.1, 0.15) is 22.3 Å². The summed E-state index contributed by atoms with van der Waals surface area (Å²) in [4.78, 5) is 39.5. The van der Waals surface area contributed by atoms with E-state index >= 15 is 0 Å². The SMILES string of the molecule is NC(N)=NCC(=O)Nc1ccc2c(c1)C(=O)N(CCC(=O)O)C2. The quantitative estimate of drug-likeness (QED) is 0.403. The lowest BCUT2D eigenvalue weighted by atomic mass is 10.1. The molecule has 2 amide bonds. The molecular weight excluding hydrogens is 302 g/mol. The Bertz CT molecular complexity index is 682. The van der Waals surface area contributed by atoms with E-state index in [4.69, 9.17) is 16.6 Å². The molecule has 0 spiro atoms. The van der Waals surface area contributed by atoms with Crippen molar-refractivity contribution in [1.82, 2.24) is 4.90 Å². The molecule has 0 saturated carbocycles. The predicted octanol–water partition coefficient (Wildman–Crippen LogP) is -0.671. The van der Waals surface area contributed by atoms with Crippen molar-refractivity contribution in [3.63, 3.8) is 0 Å². The van der Waals surface area contributed by atoms with Crippen LogP contribution in [0.15, 0.2) is 23.2 Å². The fraction of sp³-hybridized carbons (Fsp3) is 0.286. The molecule has 2 rings (SSSR count). The summed E-state index contributed by atoms with van der Waals surface area (Å²) in [5.74, 6) is -1.80. The number of nitrogens with zero attached hydrogens (tertiary/aromatic N) is 2. The maximum absolute atomic E-state index is 12.2. The van der Waals surface area contributed by atoms with Gasteiger partial charge in [-0.05, 0) is 17.7 Å². The standard InChI is InChI=1S/C14H17N5O4/c15-14(16)17-6-11(20)18-9-2-1-8-7-19(4-3-12(21)22)13(23)10(8)5-9/h1-2,5H,3-4,6-7H2,(H,18,20)(H,21,22)(H4,15,16,17). The number of hydrogen-bond donors (Lipinski definition) is 4. The molecule has 6 N–H and O–H groups in total. The molecule has 1 heterocycles. The molecular formula is C14H17N5O4. The number of nitrogens with two attached hydrogens (primary N) is 2. The third kappa shape index (κ3) is 4.19. The van der Waals surface area contributed by atoms with E-state index in [9.17, 15) is 14.4 Å². The van der Waals surface area contributed by atoms with Gasteiger partial charge in [-0.25, -0.2) is 4.99 Å². The second-order valence-corrected chi connectivity index (χ2v) is 5.03. The molecule has 1 aliphatic rings. The number of nitrogens with one attached hydrogen (secondary N) is 1. The molecule has 1 aliphatic heterocycles. The Morgan fingerprint density at radius 2 is 2.09 bits per heavy atom. The van der Waals surface area contributed by atoms with Crippen LogP contribution in [0.5, 0.6) is 0 Å². The second-order valence-electron chi connectivity index (χ2n) is 5.03. The summed E-state index contributed by atoms with van der Waals surface area (Å²) in [5.41, 5.74) is 12.0. The van der Waals surface area contributed by atoms with Gasteiger partial charge in [-0.15, -0.1) is 0 Å². The van der Waals surface area contributed by atoms with Crippen LogP contribution >= 0.6 is 0 Å². The highest BCUT2D eigenvalue weighted by Crippen LogP contribution is 2.25. The number of rotatable bonds is 6. The number of anilines is 1. The number of benzene rings is 1. The maximum atomic E-state index is 12.2. The zero-order valence-electron chi connectivity index (χ0n) is 12.3. The highest BCUT2D eigenvalue weighted by atomic mass is 16.4. The van der Waals surface area contributed by atoms with E-state index < -0.39 is 11.9 Å². The van der Waals surface area contributed by atoms with Gasteiger partial charge in [-0.1, -0.05) is 6.07 Å². The first-order valence-corrected chi connectivity index (χ1v) is 6.86. The lowest BCUT2D eigenvalue weighted by Gasteiger charge is -2.13. The Labute approximate surface area is 132 Å². The predicted molar refractivity (Wildman–Crippen MR) is 82.7 cm³/mol. The van der Waals surface area contributed by atoms with E-state index in [-0.39, 0.29) is 31.4 Å². The minimum atomic E-state index is -0.957. The summed E-state index contributed by atoms with van der Waals surface area (Å²) in [6, 6.07) is 4.95. The molecule has 1 aromatic rings. The van der Waals surface area contributed by atoms with Gasteiger partial charge in [0.2, 0.25) is 5.91 Å². The van der Waals surface area contributed by atoms with Crippen LogP contribution in [0, 0.1) is 0 Å². The zero-order valence-corrected chi connectivity index (χ0v) is 12.3. The smallest absolute Gasteiger partial charge is 0.305 e. The fourth-order valence-electron chi connectivity index (χ4n) is 2.21. The Kier molecular flexibility index (Phi) is 4.79. The first-order chi connectivity index (χ1) is 10.9. The molecule has 0 saturated heterocycles. The summed E-state index contributed by atoms with van der Waals surface area (Å²) >= 11 is 0. The molecule has 0 aromatic heterocycles. The van der Waals surface area contributed by atoms with Crippen molar-refractivity contribution in [3.8, 4) is 0 Å². The lowest BCUT2D eigenvalue weighted by molar-refractivity contribution is -0.137. The number of carbonyl (C=O) groups excluding carboxylic acids is 2. The summed E-state index contributed by atoms with van der Waals surface area (Å²) in [7, 11) is 0. The van der Waals surface area contributed by atoms with E-state index in [0.29, 0.717) is 17.8 Å². The van der Waals surface area contributed by atoms with E-state index in [1.807, 2.05) is 0 Å². The van der Waals surface area contributed by atoms with Gasteiger partial charge in [0.25, 0.3) is 5.91 Å². The number of carboxylic acid groups (broad SMARTS) is 1.